The summed E-state index contributed by atoms with van der Waals surface area (Å²) in [5.74, 6) is 0.104. The number of halogens is 2. The molecule has 0 bridgehead atoms. The summed E-state index contributed by atoms with van der Waals surface area (Å²) in [5.41, 5.74) is 1.57. The molecular weight excluding hydrogens is 326 g/mol. The monoisotopic (exact) mass is 342 g/mol. The van der Waals surface area contributed by atoms with Crippen molar-refractivity contribution in [2.45, 2.75) is 6.92 Å². The molecule has 0 radical (unpaired) electrons. The molecule has 0 spiro atoms. The van der Waals surface area contributed by atoms with Crippen molar-refractivity contribution in [1.29, 1.82) is 0 Å². The van der Waals surface area contributed by atoms with Crippen LogP contribution in [0.25, 0.3) is 0 Å². The van der Waals surface area contributed by atoms with E-state index in [1.807, 2.05) is 18.2 Å². The van der Waals surface area contributed by atoms with E-state index in [-0.39, 0.29) is 5.69 Å². The number of aryl methyl sites for hydroxylation is 1. The molecule has 25 heavy (non-hydrogen) atoms. The van der Waals surface area contributed by atoms with Crippen molar-refractivity contribution in [2.24, 2.45) is 0 Å². The van der Waals surface area contributed by atoms with Crippen LogP contribution in [0.4, 0.5) is 31.9 Å². The average Bonchev–Trinajstić information content (AvgIpc) is 2.57. The van der Waals surface area contributed by atoms with E-state index in [4.69, 9.17) is 4.74 Å². The summed E-state index contributed by atoms with van der Waals surface area (Å²) in [4.78, 5) is 8.61. The van der Waals surface area contributed by atoms with Crippen LogP contribution in [0.5, 0.6) is 5.75 Å². The van der Waals surface area contributed by atoms with E-state index >= 15 is 0 Å². The van der Waals surface area contributed by atoms with Crippen LogP contribution < -0.4 is 15.4 Å². The molecule has 5 nitrogen and oxygen atoms in total. The van der Waals surface area contributed by atoms with Gasteiger partial charge in [0.2, 0.25) is 5.95 Å². The van der Waals surface area contributed by atoms with Gasteiger partial charge < -0.3 is 15.4 Å². The Morgan fingerprint density at radius 2 is 1.80 bits per heavy atom. The highest BCUT2D eigenvalue weighted by Crippen LogP contribution is 2.23. The van der Waals surface area contributed by atoms with Crippen molar-refractivity contribution in [3.05, 3.63) is 65.9 Å². The first kappa shape index (κ1) is 16.6. The summed E-state index contributed by atoms with van der Waals surface area (Å²) in [7, 11) is 1.58. The zero-order chi connectivity index (χ0) is 17.8. The van der Waals surface area contributed by atoms with Crippen LogP contribution in [0.3, 0.4) is 0 Å². The summed E-state index contributed by atoms with van der Waals surface area (Å²) in [6, 6.07) is 12.3. The second-order valence-corrected chi connectivity index (χ2v) is 5.32. The number of hydrogen-bond donors (Lipinski definition) is 2. The van der Waals surface area contributed by atoms with Crippen molar-refractivity contribution < 1.29 is 13.5 Å². The maximum atomic E-state index is 13.8. The highest BCUT2D eigenvalue weighted by Gasteiger charge is 2.08. The number of nitrogens with zero attached hydrogens (tertiary/aromatic N) is 2. The van der Waals surface area contributed by atoms with E-state index in [1.165, 1.54) is 12.1 Å². The minimum atomic E-state index is -0.696. The SMILES string of the molecule is COc1cccc(Nc2nc(C)cc(Nc3ccc(F)cc3F)n2)c1. The quantitative estimate of drug-likeness (QED) is 0.712. The van der Waals surface area contributed by atoms with Gasteiger partial charge in [0.15, 0.2) is 0 Å². The number of ether oxygens (including phenoxy) is 1. The van der Waals surface area contributed by atoms with Gasteiger partial charge in [0.25, 0.3) is 0 Å². The van der Waals surface area contributed by atoms with Crippen molar-refractivity contribution in [3.8, 4) is 5.75 Å². The fourth-order valence-electron chi connectivity index (χ4n) is 2.25. The molecule has 1 heterocycles. The third-order valence-electron chi connectivity index (χ3n) is 3.37. The molecule has 3 rings (SSSR count). The molecule has 0 aliphatic heterocycles. The van der Waals surface area contributed by atoms with Gasteiger partial charge in [0.05, 0.1) is 12.8 Å². The van der Waals surface area contributed by atoms with E-state index in [2.05, 4.69) is 20.6 Å². The smallest absolute Gasteiger partial charge is 0.229 e. The Hall–Kier alpha value is -3.22. The lowest BCUT2D eigenvalue weighted by atomic mass is 10.3. The zero-order valence-corrected chi connectivity index (χ0v) is 13.7. The standard InChI is InChI=1S/C18H16F2N4O/c1-11-8-17(23-16-7-6-12(19)9-15(16)20)24-18(21-11)22-13-4-3-5-14(10-13)25-2/h3-10H,1-2H3,(H2,21,22,23,24). The molecule has 0 amide bonds. The largest absolute Gasteiger partial charge is 0.497 e. The molecular formula is C18H16F2N4O. The van der Waals surface area contributed by atoms with E-state index in [0.717, 1.165) is 11.8 Å². The van der Waals surface area contributed by atoms with E-state index in [0.29, 0.717) is 23.2 Å². The molecule has 7 heteroatoms. The number of benzene rings is 2. The van der Waals surface area contributed by atoms with Gasteiger partial charge in [-0.1, -0.05) is 6.07 Å². The number of rotatable bonds is 5. The summed E-state index contributed by atoms with van der Waals surface area (Å²) in [6.07, 6.45) is 0. The summed E-state index contributed by atoms with van der Waals surface area (Å²) in [6.45, 7) is 1.80. The molecule has 0 atom stereocenters. The van der Waals surface area contributed by atoms with Crippen LogP contribution in [0.2, 0.25) is 0 Å². The van der Waals surface area contributed by atoms with E-state index in [9.17, 15) is 8.78 Å². The van der Waals surface area contributed by atoms with Crippen LogP contribution in [0.1, 0.15) is 5.69 Å². The van der Waals surface area contributed by atoms with Gasteiger partial charge in [-0.05, 0) is 31.2 Å². The number of methoxy groups -OCH3 is 1. The lowest BCUT2D eigenvalue weighted by Gasteiger charge is -2.11. The average molecular weight is 342 g/mol. The number of anilines is 4. The van der Waals surface area contributed by atoms with Crippen LogP contribution in [0, 0.1) is 18.6 Å². The first-order valence-corrected chi connectivity index (χ1v) is 7.52. The third kappa shape index (κ3) is 4.20. The fourth-order valence-corrected chi connectivity index (χ4v) is 2.25. The van der Waals surface area contributed by atoms with Gasteiger partial charge in [0, 0.05) is 29.6 Å². The second-order valence-electron chi connectivity index (χ2n) is 5.32. The minimum absolute atomic E-state index is 0.131. The molecule has 0 unspecified atom stereocenters. The normalized spacial score (nSPS) is 10.4. The number of nitrogens with one attached hydrogen (secondary N) is 2. The molecule has 0 aliphatic carbocycles. The molecule has 3 aromatic rings. The van der Waals surface area contributed by atoms with Crippen LogP contribution in [-0.2, 0) is 0 Å². The lowest BCUT2D eigenvalue weighted by molar-refractivity contribution is 0.415. The summed E-state index contributed by atoms with van der Waals surface area (Å²) < 4.78 is 32.0. The van der Waals surface area contributed by atoms with Crippen LogP contribution in [0.15, 0.2) is 48.5 Å². The van der Waals surface area contributed by atoms with Crippen molar-refractivity contribution in [2.75, 3.05) is 17.7 Å². The topological polar surface area (TPSA) is 59.1 Å². The molecule has 0 saturated heterocycles. The summed E-state index contributed by atoms with van der Waals surface area (Å²) >= 11 is 0. The first-order valence-electron chi connectivity index (χ1n) is 7.52. The Kier molecular flexibility index (Phi) is 4.74. The molecule has 128 valence electrons. The van der Waals surface area contributed by atoms with Gasteiger partial charge in [-0.15, -0.1) is 0 Å². The fraction of sp³-hybridized carbons (Fsp3) is 0.111. The van der Waals surface area contributed by atoms with Crippen molar-refractivity contribution >= 4 is 23.1 Å². The third-order valence-corrected chi connectivity index (χ3v) is 3.37. The summed E-state index contributed by atoms with van der Waals surface area (Å²) in [5, 5.41) is 5.90. The van der Waals surface area contributed by atoms with Crippen LogP contribution >= 0.6 is 0 Å². The Morgan fingerprint density at radius 1 is 0.960 bits per heavy atom. The van der Waals surface area contributed by atoms with Gasteiger partial charge in [0.1, 0.15) is 23.2 Å². The van der Waals surface area contributed by atoms with Crippen molar-refractivity contribution in [1.82, 2.24) is 9.97 Å². The molecule has 2 N–H and O–H groups in total. The van der Waals surface area contributed by atoms with Gasteiger partial charge in [-0.25, -0.2) is 13.8 Å². The Morgan fingerprint density at radius 3 is 2.56 bits per heavy atom. The van der Waals surface area contributed by atoms with E-state index in [1.54, 1.807) is 26.2 Å². The lowest BCUT2D eigenvalue weighted by Crippen LogP contribution is -2.03. The highest BCUT2D eigenvalue weighted by molar-refractivity contribution is 5.61. The van der Waals surface area contributed by atoms with E-state index < -0.39 is 11.6 Å². The Labute approximate surface area is 143 Å². The highest BCUT2D eigenvalue weighted by atomic mass is 19.1. The van der Waals surface area contributed by atoms with Crippen molar-refractivity contribution in [3.63, 3.8) is 0 Å². The van der Waals surface area contributed by atoms with Gasteiger partial charge in [-0.2, -0.15) is 4.98 Å². The molecule has 0 aliphatic rings. The molecule has 0 fully saturated rings. The minimum Gasteiger partial charge on any atom is -0.497 e. The Bertz CT molecular complexity index is 902. The zero-order valence-electron chi connectivity index (χ0n) is 13.7. The number of aromatic nitrogens is 2. The second kappa shape index (κ2) is 7.12. The Balaban J connectivity index is 1.84. The molecule has 0 saturated carbocycles. The van der Waals surface area contributed by atoms with Gasteiger partial charge >= 0.3 is 0 Å². The maximum Gasteiger partial charge on any atom is 0.229 e. The predicted octanol–water partition coefficient (Wildman–Crippen LogP) is 4.56. The first-order chi connectivity index (χ1) is 12.0. The van der Waals surface area contributed by atoms with Crippen LogP contribution in [-0.4, -0.2) is 17.1 Å². The molecule has 2 aromatic carbocycles. The predicted molar refractivity (Wildman–Crippen MR) is 92.7 cm³/mol. The maximum absolute atomic E-state index is 13.8. The molecule has 1 aromatic heterocycles. The van der Waals surface area contributed by atoms with Gasteiger partial charge in [-0.3, -0.25) is 0 Å². The number of hydrogen-bond acceptors (Lipinski definition) is 5.